The number of hydrazine groups is 2. The molecule has 0 saturated heterocycles. The van der Waals surface area contributed by atoms with E-state index < -0.39 is 0 Å². The van der Waals surface area contributed by atoms with Crippen LogP contribution in [-0.2, 0) is 6.54 Å². The zero-order chi connectivity index (χ0) is 19.7. The summed E-state index contributed by atoms with van der Waals surface area (Å²) in [6.45, 7) is 4.79. The third kappa shape index (κ3) is 3.48. The number of nitrogens with one attached hydrogen (secondary N) is 2. The second-order valence-electron chi connectivity index (χ2n) is 6.64. The molecule has 8 heteroatoms. The van der Waals surface area contributed by atoms with Gasteiger partial charge in [-0.25, -0.2) is 10.2 Å². The molecule has 2 N–H and O–H groups in total. The average molecular weight is 441 g/mol. The molecule has 144 valence electrons. The van der Waals surface area contributed by atoms with Crippen LogP contribution in [0.15, 0.2) is 58.4 Å². The Hall–Kier alpha value is -2.84. The number of hydrogen-bond acceptors (Lipinski definition) is 6. The van der Waals surface area contributed by atoms with E-state index in [2.05, 4.69) is 69.2 Å². The first-order valence-electron chi connectivity index (χ1n) is 8.87. The quantitative estimate of drug-likeness (QED) is 0.635. The van der Waals surface area contributed by atoms with Crippen LogP contribution < -0.4 is 15.8 Å². The number of aryl methyl sites for hydroxylation is 2. The maximum Gasteiger partial charge on any atom is 0.177 e. The molecule has 0 unspecified atom stereocenters. The van der Waals surface area contributed by atoms with Gasteiger partial charge in [0, 0.05) is 0 Å². The Morgan fingerprint density at radius 1 is 1.11 bits per heavy atom. The molecule has 0 bridgehead atoms. The van der Waals surface area contributed by atoms with Crippen LogP contribution in [0.4, 0.5) is 0 Å². The molecule has 4 rings (SSSR count). The molecule has 3 aromatic rings. The first kappa shape index (κ1) is 18.5. The fourth-order valence-electron chi connectivity index (χ4n) is 3.08. The predicted octanol–water partition coefficient (Wildman–Crippen LogP) is 3.45. The van der Waals surface area contributed by atoms with E-state index in [1.54, 1.807) is 7.11 Å². The van der Waals surface area contributed by atoms with Crippen molar-refractivity contribution in [2.24, 2.45) is 5.10 Å². The molecule has 0 radical (unpaired) electrons. The largest absolute Gasteiger partial charge is 0.497 e. The zero-order valence-electron chi connectivity index (χ0n) is 15.9. The Bertz CT molecular complexity index is 1030. The molecule has 0 saturated carbocycles. The molecular formula is C20H21BrN6O. The van der Waals surface area contributed by atoms with Gasteiger partial charge in [-0.15, -0.1) is 10.6 Å². The van der Waals surface area contributed by atoms with E-state index in [9.17, 15) is 0 Å². The topological polar surface area (TPSA) is 66.7 Å². The summed E-state index contributed by atoms with van der Waals surface area (Å²) in [7, 11) is 1.66. The lowest BCUT2D eigenvalue weighted by Gasteiger charge is -2.19. The average Bonchev–Trinajstić information content (AvgIpc) is 3.30. The monoisotopic (exact) mass is 440 g/mol. The summed E-state index contributed by atoms with van der Waals surface area (Å²) in [5.74, 6) is 1.60. The molecule has 1 aliphatic rings. The number of rotatable bonds is 5. The number of ether oxygens (including phenoxy) is 1. The summed E-state index contributed by atoms with van der Waals surface area (Å²) in [6.07, 6.45) is 1.82. The van der Waals surface area contributed by atoms with Crippen LogP contribution in [0.1, 0.15) is 22.3 Å². The highest BCUT2D eigenvalue weighted by atomic mass is 79.9. The van der Waals surface area contributed by atoms with Gasteiger partial charge in [0.2, 0.25) is 0 Å². The number of amidine groups is 1. The van der Waals surface area contributed by atoms with Gasteiger partial charge in [-0.3, -0.25) is 5.01 Å². The minimum atomic E-state index is 0.636. The second-order valence-corrected chi connectivity index (χ2v) is 7.40. The molecule has 2 aromatic carbocycles. The summed E-state index contributed by atoms with van der Waals surface area (Å²) >= 11 is 3.71. The summed E-state index contributed by atoms with van der Waals surface area (Å²) in [5.41, 5.74) is 11.3. The lowest BCUT2D eigenvalue weighted by atomic mass is 10.1. The van der Waals surface area contributed by atoms with Crippen LogP contribution in [-0.4, -0.2) is 27.7 Å². The third-order valence-electron chi connectivity index (χ3n) is 4.65. The third-order valence-corrected chi connectivity index (χ3v) is 5.41. The van der Waals surface area contributed by atoms with Gasteiger partial charge in [0.05, 0.1) is 31.1 Å². The van der Waals surface area contributed by atoms with Gasteiger partial charge in [-0.2, -0.15) is 5.10 Å². The number of methoxy groups -OCH3 is 1. The van der Waals surface area contributed by atoms with E-state index in [1.807, 2.05) is 40.2 Å². The van der Waals surface area contributed by atoms with Gasteiger partial charge >= 0.3 is 0 Å². The van der Waals surface area contributed by atoms with Gasteiger partial charge in [-0.05, 0) is 64.7 Å². The molecule has 28 heavy (non-hydrogen) atoms. The van der Waals surface area contributed by atoms with E-state index in [4.69, 9.17) is 4.74 Å². The van der Waals surface area contributed by atoms with Crippen molar-refractivity contribution in [3.63, 3.8) is 0 Å². The van der Waals surface area contributed by atoms with Crippen LogP contribution in [0.5, 0.6) is 5.75 Å². The smallest absolute Gasteiger partial charge is 0.177 e. The number of hydrogen-bond donors (Lipinski definition) is 2. The van der Waals surface area contributed by atoms with Crippen LogP contribution in [0, 0.1) is 13.8 Å². The Kier molecular flexibility index (Phi) is 5.06. The Morgan fingerprint density at radius 3 is 2.64 bits per heavy atom. The number of halogens is 1. The van der Waals surface area contributed by atoms with Crippen molar-refractivity contribution in [1.29, 1.82) is 0 Å². The summed E-state index contributed by atoms with van der Waals surface area (Å²) < 4.78 is 7.97. The van der Waals surface area contributed by atoms with Crippen molar-refractivity contribution in [2.75, 3.05) is 7.11 Å². The van der Waals surface area contributed by atoms with E-state index in [0.29, 0.717) is 6.54 Å². The van der Waals surface area contributed by atoms with E-state index in [0.717, 1.165) is 38.6 Å². The van der Waals surface area contributed by atoms with E-state index in [-0.39, 0.29) is 0 Å². The molecule has 0 atom stereocenters. The van der Waals surface area contributed by atoms with Crippen LogP contribution in [0.3, 0.4) is 0 Å². The van der Waals surface area contributed by atoms with Crippen LogP contribution in [0.25, 0.3) is 5.69 Å². The molecule has 0 amide bonds. The zero-order valence-corrected chi connectivity index (χ0v) is 17.5. The highest BCUT2D eigenvalue weighted by molar-refractivity contribution is 9.10. The highest BCUT2D eigenvalue weighted by Gasteiger charge is 2.24. The standard InChI is InChI=1S/C20H21BrN6O/c1-13-4-5-14(2)18(10-13)27-19(21)17(11-22-27)20-23-24-25-26(20)12-15-6-8-16(28-3)9-7-15/h4-11,24-25H,12H2,1-3H3. The summed E-state index contributed by atoms with van der Waals surface area (Å²) in [5, 5.41) is 10.9. The lowest BCUT2D eigenvalue weighted by molar-refractivity contribution is 0.288. The van der Waals surface area contributed by atoms with Crippen molar-refractivity contribution in [2.45, 2.75) is 20.4 Å². The van der Waals surface area contributed by atoms with Crippen LogP contribution >= 0.6 is 15.9 Å². The number of hydrazone groups is 1. The fourth-order valence-corrected chi connectivity index (χ4v) is 3.65. The normalized spacial score (nSPS) is 13.4. The lowest BCUT2D eigenvalue weighted by Crippen LogP contribution is -2.40. The SMILES string of the molecule is COc1ccc(CN2NNN=C2c2cnn(-c3cc(C)ccc3C)c2Br)cc1. The van der Waals surface area contributed by atoms with E-state index in [1.165, 1.54) is 5.56 Å². The number of aromatic nitrogens is 2. The summed E-state index contributed by atoms with van der Waals surface area (Å²) in [6, 6.07) is 14.3. The minimum absolute atomic E-state index is 0.636. The molecule has 7 nitrogen and oxygen atoms in total. The van der Waals surface area contributed by atoms with E-state index >= 15 is 0 Å². The van der Waals surface area contributed by atoms with Gasteiger partial charge in [0.15, 0.2) is 5.84 Å². The maximum atomic E-state index is 5.23. The van der Waals surface area contributed by atoms with Gasteiger partial charge < -0.3 is 4.74 Å². The van der Waals surface area contributed by atoms with Gasteiger partial charge in [0.25, 0.3) is 0 Å². The molecule has 2 heterocycles. The predicted molar refractivity (Wildman–Crippen MR) is 112 cm³/mol. The summed E-state index contributed by atoms with van der Waals surface area (Å²) in [4.78, 5) is 0. The molecule has 0 fully saturated rings. The second kappa shape index (κ2) is 7.65. The molecular weight excluding hydrogens is 420 g/mol. The van der Waals surface area contributed by atoms with Gasteiger partial charge in [0.1, 0.15) is 10.4 Å². The Labute approximate surface area is 172 Å². The van der Waals surface area contributed by atoms with Crippen molar-refractivity contribution in [3.8, 4) is 11.4 Å². The van der Waals surface area contributed by atoms with Crippen LogP contribution in [0.2, 0.25) is 0 Å². The molecule has 0 aliphatic carbocycles. The number of benzene rings is 2. The Morgan fingerprint density at radius 2 is 1.89 bits per heavy atom. The molecule has 1 aromatic heterocycles. The van der Waals surface area contributed by atoms with Crippen molar-refractivity contribution >= 4 is 21.8 Å². The first-order chi connectivity index (χ1) is 13.6. The maximum absolute atomic E-state index is 5.23. The fraction of sp³-hybridized carbons (Fsp3) is 0.200. The molecule has 0 spiro atoms. The number of nitrogens with zero attached hydrogens (tertiary/aromatic N) is 4. The van der Waals surface area contributed by atoms with Crippen molar-refractivity contribution < 1.29 is 4.74 Å². The molecule has 1 aliphatic heterocycles. The minimum Gasteiger partial charge on any atom is -0.497 e. The first-order valence-corrected chi connectivity index (χ1v) is 9.66. The Balaban J connectivity index is 1.61. The van der Waals surface area contributed by atoms with Crippen molar-refractivity contribution in [3.05, 3.63) is 75.5 Å². The van der Waals surface area contributed by atoms with Gasteiger partial charge in [-0.1, -0.05) is 24.3 Å². The van der Waals surface area contributed by atoms with Crippen molar-refractivity contribution in [1.82, 2.24) is 25.9 Å². The highest BCUT2D eigenvalue weighted by Crippen LogP contribution is 2.26.